The molecule has 20 nitrogen and oxygen atoms in total. The molecule has 0 N–H and O–H groups in total. The van der Waals surface area contributed by atoms with Crippen molar-refractivity contribution in [2.75, 3.05) is 13.2 Å². The summed E-state index contributed by atoms with van der Waals surface area (Å²) >= 11 is 0. The molecule has 0 bridgehead atoms. The predicted molar refractivity (Wildman–Crippen MR) is 303 cm³/mol. The second-order valence-corrected chi connectivity index (χ2v) is 27.8. The Morgan fingerprint density at radius 2 is 0.988 bits per heavy atom. The molecule has 4 saturated heterocycles. The van der Waals surface area contributed by atoms with Crippen molar-refractivity contribution >= 4 is 38.2 Å². The van der Waals surface area contributed by atoms with Crippen LogP contribution in [0.3, 0.4) is 0 Å². The molecule has 4 aromatic carbocycles. The van der Waals surface area contributed by atoms with Crippen LogP contribution in [-0.2, 0) is 98.3 Å². The molecule has 0 aromatic heterocycles. The van der Waals surface area contributed by atoms with Crippen LogP contribution in [0.4, 0.5) is 0 Å². The van der Waals surface area contributed by atoms with E-state index >= 15 is 0 Å². The van der Waals surface area contributed by atoms with Gasteiger partial charge in [0.05, 0.1) is 37.1 Å². The molecule has 0 radical (unpaired) electrons. The van der Waals surface area contributed by atoms with E-state index in [9.17, 15) is 24.0 Å². The van der Waals surface area contributed by atoms with Crippen molar-refractivity contribution < 1.29 is 94.7 Å². The van der Waals surface area contributed by atoms with E-state index in [0.29, 0.717) is 0 Å². The molecule has 4 heterocycles. The van der Waals surface area contributed by atoms with Gasteiger partial charge in [-0.1, -0.05) is 125 Å². The summed E-state index contributed by atoms with van der Waals surface area (Å²) in [4.78, 5) is 67.6. The number of esters is 5. The average Bonchev–Trinajstić information content (AvgIpc) is 1.90. The number of rotatable bonds is 23. The molecule has 4 aromatic rings. The van der Waals surface area contributed by atoms with Crippen LogP contribution in [0.15, 0.2) is 121 Å². The van der Waals surface area contributed by atoms with E-state index in [2.05, 4.69) is 40.8 Å². The molecule has 4 aliphatic rings. The third-order valence-electron chi connectivity index (χ3n) is 16.0. The van der Waals surface area contributed by atoms with Crippen molar-refractivity contribution in [1.82, 2.24) is 0 Å². The SMILES string of the molecule is CC(=O)OC[C@H]1O[C@@H](O[C@H]2[C@H](OC(=O)c3ccccc3)[C@@H](OC(=O)c3ccccc3)[C@H](OCc3ccccc3)O[C@@H]2CO[Si](C)(C)C(C)(C)C(C)C)[C@H](O[C@@H]2O[C@@H](C)[C@@H](OC(C)=O)[C@@H](OC(C)=O)[C@@H]2OCc2ccccc2)[C@H]2OC(C)(C)O[C@H]21. The lowest BCUT2D eigenvalue weighted by Crippen LogP contribution is -2.67. The maximum atomic E-state index is 14.8. The molecule has 0 saturated carbocycles. The van der Waals surface area contributed by atoms with Crippen molar-refractivity contribution in [3.63, 3.8) is 0 Å². The van der Waals surface area contributed by atoms with Crippen LogP contribution < -0.4 is 0 Å². The highest BCUT2D eigenvalue weighted by Gasteiger charge is 2.62. The van der Waals surface area contributed by atoms with Crippen molar-refractivity contribution in [1.29, 1.82) is 0 Å². The number of fused-ring (bicyclic) bond motifs is 1. The van der Waals surface area contributed by atoms with Crippen molar-refractivity contribution in [2.45, 2.75) is 198 Å². The van der Waals surface area contributed by atoms with E-state index in [1.165, 1.54) is 20.8 Å². The Labute approximate surface area is 492 Å². The highest BCUT2D eigenvalue weighted by Crippen LogP contribution is 2.46. The van der Waals surface area contributed by atoms with Gasteiger partial charge in [0.25, 0.3) is 0 Å². The molecular weight excluding hydrogens is 1100 g/mol. The first kappa shape index (κ1) is 64.1. The first-order valence-corrected chi connectivity index (χ1v) is 31.4. The molecule has 84 heavy (non-hydrogen) atoms. The van der Waals surface area contributed by atoms with Gasteiger partial charge in [0.2, 0.25) is 0 Å². The minimum atomic E-state index is -2.75. The number of carbonyl (C=O) groups excluding carboxylic acids is 5. The zero-order valence-corrected chi connectivity index (χ0v) is 50.8. The molecule has 0 amide bonds. The van der Waals surface area contributed by atoms with Gasteiger partial charge >= 0.3 is 29.8 Å². The number of hydrogen-bond donors (Lipinski definition) is 0. The van der Waals surface area contributed by atoms with Gasteiger partial charge in [-0.05, 0) is 80.2 Å². The Morgan fingerprint density at radius 1 is 0.524 bits per heavy atom. The fourth-order valence-corrected chi connectivity index (χ4v) is 12.8. The highest BCUT2D eigenvalue weighted by molar-refractivity contribution is 6.74. The van der Waals surface area contributed by atoms with Gasteiger partial charge in [-0.25, -0.2) is 9.59 Å². The molecule has 456 valence electrons. The average molecular weight is 1190 g/mol. The van der Waals surface area contributed by atoms with Gasteiger partial charge in [-0.15, -0.1) is 0 Å². The third kappa shape index (κ3) is 15.9. The lowest BCUT2D eigenvalue weighted by molar-refractivity contribution is -0.382. The maximum Gasteiger partial charge on any atom is 0.338 e. The van der Waals surface area contributed by atoms with Gasteiger partial charge in [-0.2, -0.15) is 0 Å². The van der Waals surface area contributed by atoms with Crippen LogP contribution in [0.1, 0.15) is 101 Å². The van der Waals surface area contributed by atoms with E-state index in [1.807, 2.05) is 60.7 Å². The predicted octanol–water partition coefficient (Wildman–Crippen LogP) is 8.81. The molecule has 15 atom stereocenters. The Kier molecular flexibility index (Phi) is 21.4. The number of benzene rings is 4. The molecule has 4 fully saturated rings. The molecule has 4 aliphatic heterocycles. The smallest absolute Gasteiger partial charge is 0.338 e. The number of hydrogen-bond acceptors (Lipinski definition) is 20. The first-order valence-electron chi connectivity index (χ1n) is 28.5. The Morgan fingerprint density at radius 3 is 1.52 bits per heavy atom. The van der Waals surface area contributed by atoms with Crippen LogP contribution in [-0.4, -0.2) is 149 Å². The molecule has 0 aliphatic carbocycles. The Hall–Kier alpha value is -5.95. The summed E-state index contributed by atoms with van der Waals surface area (Å²) < 4.78 is 99.2. The lowest BCUT2D eigenvalue weighted by atomic mass is 9.95. The second kappa shape index (κ2) is 28.0. The fourth-order valence-electron chi connectivity index (χ4n) is 10.5. The van der Waals surface area contributed by atoms with Crippen LogP contribution in [0.2, 0.25) is 18.1 Å². The molecule has 0 spiro atoms. The molecule has 21 heteroatoms. The summed E-state index contributed by atoms with van der Waals surface area (Å²) in [7, 11) is -2.75. The molecule has 8 rings (SSSR count). The van der Waals surface area contributed by atoms with E-state index < -0.39 is 136 Å². The van der Waals surface area contributed by atoms with E-state index in [-0.39, 0.29) is 48.5 Å². The van der Waals surface area contributed by atoms with Crippen molar-refractivity contribution in [2.24, 2.45) is 5.92 Å². The zero-order chi connectivity index (χ0) is 60.5. The van der Waals surface area contributed by atoms with E-state index in [1.54, 1.807) is 81.4 Å². The van der Waals surface area contributed by atoms with Crippen molar-refractivity contribution in [3.8, 4) is 0 Å². The van der Waals surface area contributed by atoms with E-state index in [4.69, 9.17) is 70.7 Å². The molecule has 0 unspecified atom stereocenters. The van der Waals surface area contributed by atoms with Gasteiger partial charge in [0, 0.05) is 20.8 Å². The molecular formula is C63H80O20Si. The highest BCUT2D eigenvalue weighted by atomic mass is 28.4. The van der Waals surface area contributed by atoms with Crippen LogP contribution >= 0.6 is 0 Å². The Bertz CT molecular complexity index is 2800. The fraction of sp³-hybridized carbons (Fsp3) is 0.540. The zero-order valence-electron chi connectivity index (χ0n) is 49.8. The standard InChI is InChI=1S/C63H80O20Si/c1-37(2)62(7,8)84(11,12)72-36-47-49(52(78-57(67)44-29-21-15-22-30-44)55(79-58(68)45-31-23-16-24-32-45)59(76-47)71-34-43-27-19-14-20-28-43)80-61-56(53-50(82-63(9,10)83-53)46(77-61)35-69-39(4)64)81-60-54(70-33-42-25-17-13-18-26-42)51(75-41(6)66)48(38(3)73-60)74-40(5)65/h13-32,37-38,46-56,59-61H,33-36H2,1-12H3/t38-,46+,47+,48+,49+,50-,51+,52-,53-,54-,55+,56+,59+,60-,61-/m0/s1. The van der Waals surface area contributed by atoms with Crippen molar-refractivity contribution in [3.05, 3.63) is 144 Å². The topological polar surface area (TPSA) is 224 Å². The van der Waals surface area contributed by atoms with Crippen LogP contribution in [0.5, 0.6) is 0 Å². The lowest BCUT2D eigenvalue weighted by Gasteiger charge is -2.50. The summed E-state index contributed by atoms with van der Waals surface area (Å²) in [5.74, 6) is -4.72. The van der Waals surface area contributed by atoms with Gasteiger partial charge in [-0.3, -0.25) is 14.4 Å². The van der Waals surface area contributed by atoms with E-state index in [0.717, 1.165) is 11.1 Å². The number of carbonyl (C=O) groups is 5. The van der Waals surface area contributed by atoms with Gasteiger partial charge in [0.1, 0.15) is 49.3 Å². The largest absolute Gasteiger partial charge is 0.463 e. The summed E-state index contributed by atoms with van der Waals surface area (Å²) in [6, 6.07) is 35.1. The van der Waals surface area contributed by atoms with Crippen LogP contribution in [0, 0.1) is 5.92 Å². The van der Waals surface area contributed by atoms with Gasteiger partial charge in [0.15, 0.2) is 57.4 Å². The summed E-state index contributed by atoms with van der Waals surface area (Å²) in [6.07, 6.45) is -19.9. The quantitative estimate of drug-likeness (QED) is 0.0384. The minimum absolute atomic E-state index is 0.0282. The summed E-state index contributed by atoms with van der Waals surface area (Å²) in [6.45, 7) is 20.9. The monoisotopic (exact) mass is 1180 g/mol. The second-order valence-electron chi connectivity index (χ2n) is 23.2. The number of ether oxygens (including phenoxy) is 14. The summed E-state index contributed by atoms with van der Waals surface area (Å²) in [5.41, 5.74) is 1.84. The first-order chi connectivity index (χ1) is 39.9. The summed E-state index contributed by atoms with van der Waals surface area (Å²) in [5, 5.41) is -0.306. The van der Waals surface area contributed by atoms with Crippen LogP contribution in [0.25, 0.3) is 0 Å². The van der Waals surface area contributed by atoms with Gasteiger partial charge < -0.3 is 70.7 Å². The normalized spacial score (nSPS) is 29.5. The maximum absolute atomic E-state index is 14.8. The third-order valence-corrected chi connectivity index (χ3v) is 20.6. The Balaban J connectivity index is 1.28. The minimum Gasteiger partial charge on any atom is -0.463 e.